The zero-order chi connectivity index (χ0) is 17.6. The van der Waals surface area contributed by atoms with Crippen LogP contribution in [0.3, 0.4) is 0 Å². The van der Waals surface area contributed by atoms with Crippen LogP contribution in [0.25, 0.3) is 0 Å². The molecule has 3 saturated heterocycles. The number of nitrogens with one attached hydrogen (secondary N) is 1. The van der Waals surface area contributed by atoms with Crippen LogP contribution in [-0.2, 0) is 14.4 Å². The van der Waals surface area contributed by atoms with E-state index in [2.05, 4.69) is 5.32 Å². The SMILES string of the molecule is O=C1CN(CC(=O)N2CC[C@@]3(CCCN(CC4CC4)C3=O)C2)C(=O)N1. The van der Waals surface area contributed by atoms with E-state index in [9.17, 15) is 19.2 Å². The van der Waals surface area contributed by atoms with E-state index < -0.39 is 11.4 Å². The van der Waals surface area contributed by atoms with Crippen LogP contribution in [0.15, 0.2) is 0 Å². The van der Waals surface area contributed by atoms with Gasteiger partial charge in [-0.3, -0.25) is 19.7 Å². The average molecular weight is 348 g/mol. The van der Waals surface area contributed by atoms with Crippen molar-refractivity contribution >= 4 is 23.8 Å². The van der Waals surface area contributed by atoms with Gasteiger partial charge in [-0.1, -0.05) is 0 Å². The first-order valence-electron chi connectivity index (χ1n) is 9.13. The molecule has 0 radical (unpaired) electrons. The maximum absolute atomic E-state index is 13.0. The van der Waals surface area contributed by atoms with Crippen LogP contribution in [0.4, 0.5) is 4.79 Å². The summed E-state index contributed by atoms with van der Waals surface area (Å²) in [6.07, 6.45) is 4.96. The highest BCUT2D eigenvalue weighted by Crippen LogP contribution is 2.41. The lowest BCUT2D eigenvalue weighted by Crippen LogP contribution is -2.51. The fourth-order valence-electron chi connectivity index (χ4n) is 4.28. The predicted molar refractivity (Wildman–Crippen MR) is 87.3 cm³/mol. The number of carbonyl (C=O) groups is 4. The Bertz CT molecular complexity index is 632. The van der Waals surface area contributed by atoms with Crippen molar-refractivity contribution in [3.63, 3.8) is 0 Å². The Morgan fingerprint density at radius 1 is 1.12 bits per heavy atom. The summed E-state index contributed by atoms with van der Waals surface area (Å²) < 4.78 is 0. The third kappa shape index (κ3) is 3.09. The minimum absolute atomic E-state index is 0.0718. The lowest BCUT2D eigenvalue weighted by atomic mass is 9.78. The van der Waals surface area contributed by atoms with E-state index in [0.29, 0.717) is 25.4 Å². The van der Waals surface area contributed by atoms with Crippen LogP contribution in [0, 0.1) is 11.3 Å². The lowest BCUT2D eigenvalue weighted by Gasteiger charge is -2.39. The maximum Gasteiger partial charge on any atom is 0.325 e. The number of amides is 5. The minimum Gasteiger partial charge on any atom is -0.342 e. The molecule has 1 aliphatic carbocycles. The Labute approximate surface area is 146 Å². The molecule has 0 aromatic heterocycles. The summed E-state index contributed by atoms with van der Waals surface area (Å²) in [5.74, 6) is 0.308. The van der Waals surface area contributed by atoms with Crippen LogP contribution in [0.5, 0.6) is 0 Å². The Kier molecular flexibility index (Phi) is 3.92. The third-order valence-electron chi connectivity index (χ3n) is 5.90. The molecule has 0 bridgehead atoms. The van der Waals surface area contributed by atoms with Gasteiger partial charge in [-0.05, 0) is 38.0 Å². The van der Waals surface area contributed by atoms with E-state index in [0.717, 1.165) is 25.9 Å². The fraction of sp³-hybridized carbons (Fsp3) is 0.765. The highest BCUT2D eigenvalue weighted by molar-refractivity contribution is 6.03. The predicted octanol–water partition coefficient (Wildman–Crippen LogP) is -0.211. The number of likely N-dealkylation sites (tertiary alicyclic amines) is 2. The minimum atomic E-state index is -0.517. The topological polar surface area (TPSA) is 90.0 Å². The highest BCUT2D eigenvalue weighted by Gasteiger charge is 2.50. The molecular weight excluding hydrogens is 324 g/mol. The summed E-state index contributed by atoms with van der Waals surface area (Å²) in [5, 5.41) is 2.17. The van der Waals surface area contributed by atoms with Gasteiger partial charge in [0.05, 0.1) is 5.41 Å². The second-order valence-corrected chi connectivity index (χ2v) is 7.85. The van der Waals surface area contributed by atoms with Crippen LogP contribution in [-0.4, -0.2) is 77.7 Å². The fourth-order valence-corrected chi connectivity index (χ4v) is 4.28. The first kappa shape index (κ1) is 16.4. The summed E-state index contributed by atoms with van der Waals surface area (Å²) in [6, 6.07) is -0.517. The molecule has 1 spiro atoms. The second kappa shape index (κ2) is 6.00. The molecule has 4 aliphatic rings. The Morgan fingerprint density at radius 3 is 2.60 bits per heavy atom. The standard InChI is InChI=1S/C17H24N4O4/c22-13-9-21(16(25)18-13)10-14(23)20-7-5-17(11-20)4-1-6-19(15(17)24)8-12-2-3-12/h12H,1-11H2,(H,18,22,25)/t17-/m0/s1. The van der Waals surface area contributed by atoms with Gasteiger partial charge in [0.1, 0.15) is 13.1 Å². The van der Waals surface area contributed by atoms with Gasteiger partial charge in [-0.15, -0.1) is 0 Å². The molecule has 1 atom stereocenters. The molecule has 3 aliphatic heterocycles. The third-order valence-corrected chi connectivity index (χ3v) is 5.90. The number of piperidine rings is 1. The van der Waals surface area contributed by atoms with Gasteiger partial charge < -0.3 is 14.7 Å². The van der Waals surface area contributed by atoms with Crippen molar-refractivity contribution in [3.8, 4) is 0 Å². The number of urea groups is 1. The van der Waals surface area contributed by atoms with Gasteiger partial charge in [0.15, 0.2) is 0 Å². The summed E-state index contributed by atoms with van der Waals surface area (Å²) in [6.45, 7) is 2.51. The second-order valence-electron chi connectivity index (χ2n) is 7.85. The van der Waals surface area contributed by atoms with Gasteiger partial charge in [0.25, 0.3) is 0 Å². The molecule has 5 amide bonds. The van der Waals surface area contributed by atoms with Crippen molar-refractivity contribution in [2.24, 2.45) is 11.3 Å². The zero-order valence-electron chi connectivity index (χ0n) is 14.3. The lowest BCUT2D eigenvalue weighted by molar-refractivity contribution is -0.146. The smallest absolute Gasteiger partial charge is 0.325 e. The molecule has 4 rings (SSSR count). The van der Waals surface area contributed by atoms with Crippen molar-refractivity contribution < 1.29 is 19.2 Å². The molecular formula is C17H24N4O4. The molecule has 0 unspecified atom stereocenters. The molecule has 1 N–H and O–H groups in total. The molecule has 4 fully saturated rings. The zero-order valence-corrected chi connectivity index (χ0v) is 14.3. The van der Waals surface area contributed by atoms with E-state index in [1.165, 1.54) is 17.7 Å². The number of rotatable bonds is 4. The summed E-state index contributed by atoms with van der Waals surface area (Å²) in [4.78, 5) is 53.3. The molecule has 25 heavy (non-hydrogen) atoms. The Hall–Kier alpha value is -2.12. The number of imide groups is 1. The van der Waals surface area contributed by atoms with Crippen molar-refractivity contribution in [1.82, 2.24) is 20.0 Å². The van der Waals surface area contributed by atoms with Gasteiger partial charge in [0, 0.05) is 26.2 Å². The van der Waals surface area contributed by atoms with Gasteiger partial charge in [-0.2, -0.15) is 0 Å². The number of nitrogens with zero attached hydrogens (tertiary/aromatic N) is 3. The molecule has 8 heteroatoms. The summed E-state index contributed by atoms with van der Waals surface area (Å²) >= 11 is 0. The quantitative estimate of drug-likeness (QED) is 0.712. The summed E-state index contributed by atoms with van der Waals surface area (Å²) in [7, 11) is 0. The Morgan fingerprint density at radius 2 is 1.92 bits per heavy atom. The number of hydrogen-bond acceptors (Lipinski definition) is 4. The number of carbonyl (C=O) groups excluding carboxylic acids is 4. The van der Waals surface area contributed by atoms with Crippen LogP contribution in [0.2, 0.25) is 0 Å². The first-order chi connectivity index (χ1) is 12.0. The molecule has 1 saturated carbocycles. The molecule has 136 valence electrons. The van der Waals surface area contributed by atoms with Crippen LogP contribution >= 0.6 is 0 Å². The van der Waals surface area contributed by atoms with Crippen molar-refractivity contribution in [1.29, 1.82) is 0 Å². The van der Waals surface area contributed by atoms with Crippen molar-refractivity contribution in [2.75, 3.05) is 39.3 Å². The van der Waals surface area contributed by atoms with E-state index in [1.54, 1.807) is 4.90 Å². The average Bonchev–Trinajstić information content (AvgIpc) is 3.19. The normalized spacial score (nSPS) is 29.8. The molecule has 0 aromatic rings. The summed E-state index contributed by atoms with van der Waals surface area (Å²) in [5.41, 5.74) is -0.439. The highest BCUT2D eigenvalue weighted by atomic mass is 16.2. The van der Waals surface area contributed by atoms with E-state index >= 15 is 0 Å². The first-order valence-corrected chi connectivity index (χ1v) is 9.13. The van der Waals surface area contributed by atoms with Crippen molar-refractivity contribution in [3.05, 3.63) is 0 Å². The molecule has 8 nitrogen and oxygen atoms in total. The van der Waals surface area contributed by atoms with E-state index in [1.807, 2.05) is 4.90 Å². The molecule has 3 heterocycles. The van der Waals surface area contributed by atoms with Crippen molar-refractivity contribution in [2.45, 2.75) is 32.1 Å². The Balaban J connectivity index is 1.38. The molecule has 0 aromatic carbocycles. The van der Waals surface area contributed by atoms with E-state index in [4.69, 9.17) is 0 Å². The maximum atomic E-state index is 13.0. The van der Waals surface area contributed by atoms with Gasteiger partial charge in [-0.25, -0.2) is 4.79 Å². The van der Waals surface area contributed by atoms with E-state index in [-0.39, 0.29) is 30.8 Å². The van der Waals surface area contributed by atoms with Crippen LogP contribution in [0.1, 0.15) is 32.1 Å². The van der Waals surface area contributed by atoms with Crippen LogP contribution < -0.4 is 5.32 Å². The largest absolute Gasteiger partial charge is 0.342 e. The number of hydrogen-bond donors (Lipinski definition) is 1. The monoisotopic (exact) mass is 348 g/mol. The van der Waals surface area contributed by atoms with Gasteiger partial charge in [0.2, 0.25) is 17.7 Å². The van der Waals surface area contributed by atoms with Gasteiger partial charge >= 0.3 is 6.03 Å².